The van der Waals surface area contributed by atoms with Gasteiger partial charge in [-0.05, 0) is 25.7 Å². The largest absolute Gasteiger partial charge is 0.268 e. The molecule has 0 aliphatic heterocycles. The molecule has 0 atom stereocenters. The van der Waals surface area contributed by atoms with E-state index in [-0.39, 0.29) is 5.56 Å². The molecule has 0 amide bonds. The Hall–Kier alpha value is -1.65. The zero-order valence-corrected chi connectivity index (χ0v) is 7.66. The minimum absolute atomic E-state index is 0.113. The maximum Gasteiger partial charge on any atom is 0.266 e. The molecule has 0 unspecified atom stereocenters. The van der Waals surface area contributed by atoms with E-state index in [1.165, 1.54) is 12.5 Å². The van der Waals surface area contributed by atoms with Gasteiger partial charge in [0, 0.05) is 0 Å². The lowest BCUT2D eigenvalue weighted by molar-refractivity contribution is 0.612. The van der Waals surface area contributed by atoms with Gasteiger partial charge in [-0.15, -0.1) is 5.10 Å². The van der Waals surface area contributed by atoms with Crippen LogP contribution in [0, 0.1) is 0 Å². The first-order valence-corrected chi connectivity index (χ1v) is 4.81. The molecule has 2 aromatic rings. The van der Waals surface area contributed by atoms with Crippen LogP contribution in [0.4, 0.5) is 0 Å². The second-order valence-corrected chi connectivity index (χ2v) is 3.61. The van der Waals surface area contributed by atoms with Gasteiger partial charge in [0.05, 0.1) is 17.5 Å². The molecule has 0 radical (unpaired) electrons. The van der Waals surface area contributed by atoms with Crippen molar-refractivity contribution < 1.29 is 0 Å². The Morgan fingerprint density at radius 2 is 2.14 bits per heavy atom. The van der Waals surface area contributed by atoms with Crippen LogP contribution in [0.5, 0.6) is 0 Å². The second kappa shape index (κ2) is 2.67. The number of aryl methyl sites for hydroxylation is 2. The van der Waals surface area contributed by atoms with E-state index in [9.17, 15) is 4.79 Å². The first kappa shape index (κ1) is 7.73. The van der Waals surface area contributed by atoms with Gasteiger partial charge in [-0.2, -0.15) is 5.10 Å². The van der Waals surface area contributed by atoms with E-state index in [0.717, 1.165) is 30.7 Å². The Balaban J connectivity index is 2.39. The van der Waals surface area contributed by atoms with Crippen molar-refractivity contribution in [3.63, 3.8) is 0 Å². The minimum Gasteiger partial charge on any atom is -0.268 e. The van der Waals surface area contributed by atoms with Crippen LogP contribution in [0.1, 0.15) is 24.2 Å². The summed E-state index contributed by atoms with van der Waals surface area (Å²) in [6.45, 7) is 0. The average Bonchev–Trinajstić information content (AvgIpc) is 2.59. The molecular weight excluding hydrogens is 180 g/mol. The van der Waals surface area contributed by atoms with Crippen LogP contribution < -0.4 is 5.56 Å². The maximum atomic E-state index is 11.1. The van der Waals surface area contributed by atoms with Crippen LogP contribution in [0.2, 0.25) is 0 Å². The number of nitrogens with zero attached hydrogens (tertiary/aromatic N) is 3. The van der Waals surface area contributed by atoms with Crippen molar-refractivity contribution in [2.24, 2.45) is 0 Å². The number of hydrogen-bond donors (Lipinski definition) is 1. The van der Waals surface area contributed by atoms with E-state index in [0.29, 0.717) is 5.65 Å². The van der Waals surface area contributed by atoms with Crippen LogP contribution in [-0.4, -0.2) is 19.8 Å². The maximum absolute atomic E-state index is 11.1. The SMILES string of the molecule is O=c1cc2nnc3c(n2[nH]1)CCCC3. The van der Waals surface area contributed by atoms with E-state index >= 15 is 0 Å². The highest BCUT2D eigenvalue weighted by molar-refractivity contribution is 5.37. The smallest absolute Gasteiger partial charge is 0.266 e. The highest BCUT2D eigenvalue weighted by atomic mass is 16.1. The number of rotatable bonds is 0. The van der Waals surface area contributed by atoms with Crippen molar-refractivity contribution in [3.05, 3.63) is 27.8 Å². The van der Waals surface area contributed by atoms with Crippen molar-refractivity contribution in [3.8, 4) is 0 Å². The molecule has 0 aromatic carbocycles. The Kier molecular flexibility index (Phi) is 1.47. The summed E-state index contributed by atoms with van der Waals surface area (Å²) in [4.78, 5) is 11.1. The van der Waals surface area contributed by atoms with Gasteiger partial charge >= 0.3 is 0 Å². The molecule has 0 spiro atoms. The minimum atomic E-state index is -0.113. The molecule has 0 saturated carbocycles. The van der Waals surface area contributed by atoms with Gasteiger partial charge in [0.25, 0.3) is 5.56 Å². The fraction of sp³-hybridized carbons (Fsp3) is 0.444. The standard InChI is InChI=1S/C9H10N4O/c14-9-5-8-11-10-6-3-1-2-4-7(6)13(8)12-9/h5H,1-4H2,(H,12,14). The van der Waals surface area contributed by atoms with Gasteiger partial charge in [-0.3, -0.25) is 9.89 Å². The average molecular weight is 190 g/mol. The van der Waals surface area contributed by atoms with Crippen molar-refractivity contribution in [2.75, 3.05) is 0 Å². The molecule has 72 valence electrons. The first-order chi connectivity index (χ1) is 6.84. The predicted molar refractivity (Wildman–Crippen MR) is 50.2 cm³/mol. The number of nitrogens with one attached hydrogen (secondary N) is 1. The normalized spacial score (nSPS) is 15.7. The van der Waals surface area contributed by atoms with E-state index in [1.807, 2.05) is 0 Å². The predicted octanol–water partition coefficient (Wildman–Crippen LogP) is 0.296. The molecule has 14 heavy (non-hydrogen) atoms. The molecule has 0 bridgehead atoms. The van der Waals surface area contributed by atoms with Crippen molar-refractivity contribution in [1.29, 1.82) is 0 Å². The highest BCUT2D eigenvalue weighted by Gasteiger charge is 2.15. The van der Waals surface area contributed by atoms with Gasteiger partial charge < -0.3 is 0 Å². The summed E-state index contributed by atoms with van der Waals surface area (Å²) in [7, 11) is 0. The summed E-state index contributed by atoms with van der Waals surface area (Å²) in [5.41, 5.74) is 2.65. The van der Waals surface area contributed by atoms with E-state index in [2.05, 4.69) is 15.3 Å². The Morgan fingerprint density at radius 3 is 3.07 bits per heavy atom. The molecule has 3 rings (SSSR count). The van der Waals surface area contributed by atoms with Crippen LogP contribution in [-0.2, 0) is 12.8 Å². The van der Waals surface area contributed by atoms with Gasteiger partial charge in [0.1, 0.15) is 0 Å². The summed E-state index contributed by atoms with van der Waals surface area (Å²) < 4.78 is 1.77. The number of aromatic nitrogens is 4. The fourth-order valence-corrected chi connectivity index (χ4v) is 1.99. The Morgan fingerprint density at radius 1 is 1.29 bits per heavy atom. The third-order valence-electron chi connectivity index (χ3n) is 2.66. The molecule has 0 saturated heterocycles. The highest BCUT2D eigenvalue weighted by Crippen LogP contribution is 2.17. The third kappa shape index (κ3) is 0.982. The lowest BCUT2D eigenvalue weighted by Gasteiger charge is -2.14. The second-order valence-electron chi connectivity index (χ2n) is 3.61. The van der Waals surface area contributed by atoms with E-state index in [1.54, 1.807) is 4.52 Å². The van der Waals surface area contributed by atoms with Crippen molar-refractivity contribution in [2.45, 2.75) is 25.7 Å². The van der Waals surface area contributed by atoms with E-state index in [4.69, 9.17) is 0 Å². The Labute approximate surface area is 79.8 Å². The monoisotopic (exact) mass is 190 g/mol. The van der Waals surface area contributed by atoms with E-state index < -0.39 is 0 Å². The Bertz CT molecular complexity index is 539. The molecule has 0 fully saturated rings. The fourth-order valence-electron chi connectivity index (χ4n) is 1.99. The molecule has 2 heterocycles. The number of aromatic amines is 1. The van der Waals surface area contributed by atoms with Gasteiger partial charge in [0.15, 0.2) is 5.65 Å². The lowest BCUT2D eigenvalue weighted by atomic mass is 10.0. The quantitative estimate of drug-likeness (QED) is 0.649. The molecular formula is C9H10N4O. The van der Waals surface area contributed by atoms with Crippen LogP contribution in [0.15, 0.2) is 10.9 Å². The van der Waals surface area contributed by atoms with Crippen LogP contribution in [0.3, 0.4) is 0 Å². The lowest BCUT2D eigenvalue weighted by Crippen LogP contribution is -2.14. The molecule has 5 nitrogen and oxygen atoms in total. The van der Waals surface area contributed by atoms with Crippen molar-refractivity contribution in [1.82, 2.24) is 19.8 Å². The summed E-state index contributed by atoms with van der Waals surface area (Å²) in [6.07, 6.45) is 4.27. The number of H-pyrrole nitrogens is 1. The summed E-state index contributed by atoms with van der Waals surface area (Å²) in [5, 5.41) is 10.9. The molecule has 1 N–H and O–H groups in total. The van der Waals surface area contributed by atoms with Crippen LogP contribution >= 0.6 is 0 Å². The number of hydrogen-bond acceptors (Lipinski definition) is 3. The first-order valence-electron chi connectivity index (χ1n) is 4.81. The third-order valence-corrected chi connectivity index (χ3v) is 2.66. The zero-order valence-electron chi connectivity index (χ0n) is 7.66. The topological polar surface area (TPSA) is 63.1 Å². The van der Waals surface area contributed by atoms with Gasteiger partial charge in [0.2, 0.25) is 0 Å². The molecule has 5 heteroatoms. The van der Waals surface area contributed by atoms with Gasteiger partial charge in [-0.25, -0.2) is 4.52 Å². The molecule has 2 aromatic heterocycles. The molecule has 1 aliphatic rings. The summed E-state index contributed by atoms with van der Waals surface area (Å²) >= 11 is 0. The number of fused-ring (bicyclic) bond motifs is 3. The zero-order chi connectivity index (χ0) is 9.54. The molecule has 1 aliphatic carbocycles. The summed E-state index contributed by atoms with van der Waals surface area (Å²) in [6, 6.07) is 1.47. The van der Waals surface area contributed by atoms with Crippen molar-refractivity contribution >= 4 is 5.65 Å². The van der Waals surface area contributed by atoms with Gasteiger partial charge in [-0.1, -0.05) is 0 Å². The summed E-state index contributed by atoms with van der Waals surface area (Å²) in [5.74, 6) is 0. The van der Waals surface area contributed by atoms with Crippen LogP contribution in [0.25, 0.3) is 5.65 Å².